The minimum absolute atomic E-state index is 1.20. The molecule has 2 heteroatoms. The van der Waals surface area contributed by atoms with E-state index in [0.29, 0.717) is 0 Å². The van der Waals surface area contributed by atoms with Crippen molar-refractivity contribution in [3.63, 3.8) is 0 Å². The molecule has 32 heavy (non-hydrogen) atoms. The maximum atomic E-state index is 4.42. The molecule has 0 bridgehead atoms. The molecule has 0 atom stereocenters. The number of hydrogen-bond donors (Lipinski definition) is 0. The SMILES string of the molecule is Cn1c2ccncc2c2cc3c(cc21)-c1ccccc1-c1ccccc1-c1ccccc1-3. The molecule has 2 aromatic heterocycles. The van der Waals surface area contributed by atoms with E-state index in [9.17, 15) is 0 Å². The van der Waals surface area contributed by atoms with Crippen molar-refractivity contribution < 1.29 is 0 Å². The first-order chi connectivity index (χ1) is 15.8. The van der Waals surface area contributed by atoms with Gasteiger partial charge in [-0.1, -0.05) is 72.8 Å². The van der Waals surface area contributed by atoms with Gasteiger partial charge in [0.1, 0.15) is 0 Å². The van der Waals surface area contributed by atoms with E-state index >= 15 is 0 Å². The minimum atomic E-state index is 1.20. The highest BCUT2D eigenvalue weighted by Gasteiger charge is 2.23. The van der Waals surface area contributed by atoms with Gasteiger partial charge in [0.2, 0.25) is 0 Å². The Labute approximate surface area is 186 Å². The van der Waals surface area contributed by atoms with Crippen molar-refractivity contribution in [2.45, 2.75) is 0 Å². The summed E-state index contributed by atoms with van der Waals surface area (Å²) in [5.41, 5.74) is 12.6. The Balaban J connectivity index is 1.72. The molecular formula is C30H20N2. The second kappa shape index (κ2) is 6.41. The predicted molar refractivity (Wildman–Crippen MR) is 134 cm³/mol. The van der Waals surface area contributed by atoms with Crippen molar-refractivity contribution in [2.75, 3.05) is 0 Å². The highest BCUT2D eigenvalue weighted by molar-refractivity contribution is 6.13. The third-order valence-corrected chi connectivity index (χ3v) is 6.89. The van der Waals surface area contributed by atoms with Gasteiger partial charge in [0, 0.05) is 35.7 Å². The third kappa shape index (κ3) is 2.27. The number of rotatable bonds is 0. The molecule has 0 N–H and O–H groups in total. The summed E-state index contributed by atoms with van der Waals surface area (Å²) in [7, 11) is 2.15. The normalized spacial score (nSPS) is 11.9. The lowest BCUT2D eigenvalue weighted by atomic mass is 9.80. The molecule has 0 spiro atoms. The lowest BCUT2D eigenvalue weighted by Gasteiger charge is -2.23. The lowest BCUT2D eigenvalue weighted by Crippen LogP contribution is -1.97. The topological polar surface area (TPSA) is 17.8 Å². The Morgan fingerprint density at radius 3 is 1.50 bits per heavy atom. The van der Waals surface area contributed by atoms with Crippen LogP contribution in [-0.2, 0) is 7.05 Å². The van der Waals surface area contributed by atoms with Gasteiger partial charge in [-0.2, -0.15) is 0 Å². The molecule has 6 aromatic rings. The molecule has 2 nitrogen and oxygen atoms in total. The van der Waals surface area contributed by atoms with Crippen LogP contribution in [0.4, 0.5) is 0 Å². The molecule has 4 aromatic carbocycles. The van der Waals surface area contributed by atoms with E-state index in [-0.39, 0.29) is 0 Å². The van der Waals surface area contributed by atoms with Crippen LogP contribution in [0.5, 0.6) is 0 Å². The minimum Gasteiger partial charge on any atom is -0.343 e. The third-order valence-electron chi connectivity index (χ3n) is 6.89. The van der Waals surface area contributed by atoms with E-state index in [2.05, 4.69) is 108 Å². The zero-order chi connectivity index (χ0) is 21.2. The first-order valence-corrected chi connectivity index (χ1v) is 11.0. The molecule has 2 heterocycles. The van der Waals surface area contributed by atoms with Crippen LogP contribution in [0.25, 0.3) is 66.3 Å². The van der Waals surface area contributed by atoms with E-state index in [0.717, 1.165) is 0 Å². The summed E-state index contributed by atoms with van der Waals surface area (Å²) in [6.45, 7) is 0. The van der Waals surface area contributed by atoms with Crippen LogP contribution >= 0.6 is 0 Å². The fourth-order valence-electron chi connectivity index (χ4n) is 5.40. The molecule has 7 rings (SSSR count). The van der Waals surface area contributed by atoms with E-state index in [1.165, 1.54) is 66.3 Å². The zero-order valence-electron chi connectivity index (χ0n) is 17.7. The number of benzene rings is 4. The first-order valence-electron chi connectivity index (χ1n) is 11.0. The van der Waals surface area contributed by atoms with Gasteiger partial charge >= 0.3 is 0 Å². The van der Waals surface area contributed by atoms with Crippen LogP contribution in [0.15, 0.2) is 103 Å². The molecule has 0 unspecified atom stereocenters. The van der Waals surface area contributed by atoms with Gasteiger partial charge in [0.05, 0.1) is 5.52 Å². The van der Waals surface area contributed by atoms with Crippen molar-refractivity contribution in [1.29, 1.82) is 0 Å². The van der Waals surface area contributed by atoms with Gasteiger partial charge in [0.25, 0.3) is 0 Å². The fraction of sp³-hybridized carbons (Fsp3) is 0.0333. The van der Waals surface area contributed by atoms with E-state index in [4.69, 9.17) is 0 Å². The second-order valence-electron chi connectivity index (χ2n) is 8.50. The molecule has 1 aliphatic carbocycles. The number of hydrogen-bond acceptors (Lipinski definition) is 1. The van der Waals surface area contributed by atoms with Crippen molar-refractivity contribution in [2.24, 2.45) is 7.05 Å². The molecular weight excluding hydrogens is 388 g/mol. The summed E-state index contributed by atoms with van der Waals surface area (Å²) in [6, 6.07) is 33.2. The monoisotopic (exact) mass is 408 g/mol. The quantitative estimate of drug-likeness (QED) is 0.251. The lowest BCUT2D eigenvalue weighted by molar-refractivity contribution is 1.01. The highest BCUT2D eigenvalue weighted by Crippen LogP contribution is 2.49. The molecule has 0 radical (unpaired) electrons. The van der Waals surface area contributed by atoms with Crippen molar-refractivity contribution in [3.05, 3.63) is 103 Å². The largest absolute Gasteiger partial charge is 0.343 e. The highest BCUT2D eigenvalue weighted by atomic mass is 14.9. The molecule has 0 amide bonds. The number of aromatic nitrogens is 2. The van der Waals surface area contributed by atoms with Gasteiger partial charge < -0.3 is 4.57 Å². The molecule has 0 saturated heterocycles. The summed E-state index contributed by atoms with van der Waals surface area (Å²) in [5.74, 6) is 0. The van der Waals surface area contributed by atoms with E-state index in [1.807, 2.05) is 12.4 Å². The van der Waals surface area contributed by atoms with Crippen LogP contribution in [0.3, 0.4) is 0 Å². The molecule has 0 saturated carbocycles. The summed E-state index contributed by atoms with van der Waals surface area (Å²) in [6.07, 6.45) is 3.86. The van der Waals surface area contributed by atoms with Crippen molar-refractivity contribution >= 4 is 21.8 Å². The Kier molecular flexibility index (Phi) is 3.51. The number of pyridine rings is 1. The van der Waals surface area contributed by atoms with Gasteiger partial charge in [-0.3, -0.25) is 4.98 Å². The predicted octanol–water partition coefficient (Wildman–Crippen LogP) is 7.71. The Morgan fingerprint density at radius 1 is 0.500 bits per heavy atom. The molecule has 0 aliphatic heterocycles. The zero-order valence-corrected chi connectivity index (χ0v) is 17.7. The van der Waals surface area contributed by atoms with E-state index < -0.39 is 0 Å². The van der Waals surface area contributed by atoms with Crippen LogP contribution in [0.1, 0.15) is 0 Å². The summed E-state index contributed by atoms with van der Waals surface area (Å²) >= 11 is 0. The molecule has 150 valence electrons. The number of fused-ring (bicyclic) bond motifs is 11. The van der Waals surface area contributed by atoms with E-state index in [1.54, 1.807) is 0 Å². The summed E-state index contributed by atoms with van der Waals surface area (Å²) < 4.78 is 2.29. The van der Waals surface area contributed by atoms with Crippen molar-refractivity contribution in [3.8, 4) is 44.5 Å². The molecule has 0 fully saturated rings. The number of aryl methyl sites for hydroxylation is 1. The summed E-state index contributed by atoms with van der Waals surface area (Å²) in [4.78, 5) is 4.42. The van der Waals surface area contributed by atoms with Crippen molar-refractivity contribution in [1.82, 2.24) is 9.55 Å². The Morgan fingerprint density at radius 2 is 0.969 bits per heavy atom. The van der Waals surface area contributed by atoms with Crippen LogP contribution in [-0.4, -0.2) is 9.55 Å². The standard InChI is InChI=1S/C30H20N2/c1-32-29-14-15-31-18-28(29)27-16-25-23-12-6-4-10-21(23)19-8-2-3-9-20(19)22-11-5-7-13-24(22)26(25)17-30(27)32/h2-18H,1H3. The van der Waals surface area contributed by atoms with Crippen LogP contribution in [0.2, 0.25) is 0 Å². The van der Waals surface area contributed by atoms with Crippen LogP contribution < -0.4 is 0 Å². The summed E-state index contributed by atoms with van der Waals surface area (Å²) in [5, 5.41) is 2.44. The van der Waals surface area contributed by atoms with Gasteiger partial charge in [-0.25, -0.2) is 0 Å². The molecule has 1 aliphatic rings. The number of nitrogens with zero attached hydrogens (tertiary/aromatic N) is 2. The maximum Gasteiger partial charge on any atom is 0.0519 e. The maximum absolute atomic E-state index is 4.42. The van der Waals surface area contributed by atoms with Crippen LogP contribution in [0, 0.1) is 0 Å². The Hall–Kier alpha value is -4.17. The van der Waals surface area contributed by atoms with Gasteiger partial charge in [-0.05, 0) is 62.7 Å². The smallest absolute Gasteiger partial charge is 0.0519 e. The fourth-order valence-corrected chi connectivity index (χ4v) is 5.40. The Bertz CT molecular complexity index is 1690. The van der Waals surface area contributed by atoms with Gasteiger partial charge in [0.15, 0.2) is 0 Å². The first kappa shape index (κ1) is 17.5. The second-order valence-corrected chi connectivity index (χ2v) is 8.50. The average molecular weight is 409 g/mol. The average Bonchev–Trinajstić information content (AvgIpc) is 3.14. The van der Waals surface area contributed by atoms with Gasteiger partial charge in [-0.15, -0.1) is 0 Å².